The Labute approximate surface area is 112 Å². The van der Waals surface area contributed by atoms with Gasteiger partial charge in [-0.25, -0.2) is 0 Å². The molecule has 2 N–H and O–H groups in total. The van der Waals surface area contributed by atoms with E-state index in [1.807, 2.05) is 12.1 Å². The molecule has 0 spiro atoms. The van der Waals surface area contributed by atoms with Crippen LogP contribution in [-0.2, 0) is 11.2 Å². The molecule has 0 radical (unpaired) electrons. The zero-order chi connectivity index (χ0) is 13.1. The maximum Gasteiger partial charge on any atom is 0.0466 e. The summed E-state index contributed by atoms with van der Waals surface area (Å²) >= 11 is 0. The molecule has 0 aromatic heterocycles. The molecule has 0 amide bonds. The first-order valence-electron chi connectivity index (χ1n) is 7.25. The van der Waals surface area contributed by atoms with Crippen molar-refractivity contribution in [3.63, 3.8) is 0 Å². The molecule has 0 heterocycles. The van der Waals surface area contributed by atoms with Crippen LogP contribution >= 0.6 is 0 Å². The van der Waals surface area contributed by atoms with Gasteiger partial charge in [-0.2, -0.15) is 0 Å². The van der Waals surface area contributed by atoms with Gasteiger partial charge in [0, 0.05) is 18.9 Å². The lowest BCUT2D eigenvalue weighted by molar-refractivity contribution is 0.126. The molecule has 1 aromatic carbocycles. The van der Waals surface area contributed by atoms with E-state index < -0.39 is 0 Å². The Morgan fingerprint density at radius 3 is 2.50 bits per heavy atom. The van der Waals surface area contributed by atoms with Crippen molar-refractivity contribution in [1.29, 1.82) is 0 Å². The second kappa shape index (κ2) is 9.95. The van der Waals surface area contributed by atoms with E-state index in [0.717, 1.165) is 31.7 Å². The Morgan fingerprint density at radius 1 is 1.00 bits per heavy atom. The van der Waals surface area contributed by atoms with Crippen LogP contribution in [0.2, 0.25) is 0 Å². The monoisotopic (exact) mass is 249 g/mol. The minimum Gasteiger partial charge on any atom is -0.399 e. The number of unbranched alkanes of at least 4 members (excludes halogenated alkanes) is 4. The van der Waals surface area contributed by atoms with E-state index in [1.165, 1.54) is 37.7 Å². The highest BCUT2D eigenvalue weighted by atomic mass is 16.5. The molecule has 0 aliphatic carbocycles. The van der Waals surface area contributed by atoms with E-state index in [-0.39, 0.29) is 0 Å². The Balaban J connectivity index is 1.92. The quantitative estimate of drug-likeness (QED) is 0.498. The average Bonchev–Trinajstić information content (AvgIpc) is 2.37. The van der Waals surface area contributed by atoms with Gasteiger partial charge in [-0.3, -0.25) is 0 Å². The van der Waals surface area contributed by atoms with Gasteiger partial charge in [0.1, 0.15) is 0 Å². The molecule has 1 aromatic rings. The van der Waals surface area contributed by atoms with E-state index in [4.69, 9.17) is 10.5 Å². The predicted octanol–water partition coefficient (Wildman–Crippen LogP) is 4.19. The Morgan fingerprint density at radius 2 is 1.78 bits per heavy atom. The van der Waals surface area contributed by atoms with Gasteiger partial charge in [0.25, 0.3) is 0 Å². The molecular weight excluding hydrogens is 222 g/mol. The minimum absolute atomic E-state index is 0.861. The molecule has 0 unspecified atom stereocenters. The lowest BCUT2D eigenvalue weighted by Crippen LogP contribution is -1.98. The summed E-state index contributed by atoms with van der Waals surface area (Å²) in [6.07, 6.45) is 8.56. The second-order valence-electron chi connectivity index (χ2n) is 4.88. The summed E-state index contributed by atoms with van der Waals surface area (Å²) in [5, 5.41) is 0. The topological polar surface area (TPSA) is 35.2 Å². The summed E-state index contributed by atoms with van der Waals surface area (Å²) in [6, 6.07) is 8.16. The van der Waals surface area contributed by atoms with E-state index in [9.17, 15) is 0 Å². The van der Waals surface area contributed by atoms with Gasteiger partial charge in [-0.15, -0.1) is 0 Å². The molecule has 0 aliphatic heterocycles. The fraction of sp³-hybridized carbons (Fsp3) is 0.625. The zero-order valence-electron chi connectivity index (χ0n) is 11.7. The highest BCUT2D eigenvalue weighted by Gasteiger charge is 1.95. The minimum atomic E-state index is 0.861. The summed E-state index contributed by atoms with van der Waals surface area (Å²) < 4.78 is 5.62. The SMILES string of the molecule is CCCCCCOCCCCc1cccc(N)c1. The van der Waals surface area contributed by atoms with Crippen LogP contribution in [0.5, 0.6) is 0 Å². The first-order chi connectivity index (χ1) is 8.83. The Bertz CT molecular complexity index is 312. The van der Waals surface area contributed by atoms with Gasteiger partial charge in [-0.05, 0) is 43.4 Å². The standard InChI is InChI=1S/C16H27NO/c1-2-3-4-6-12-18-13-7-5-9-15-10-8-11-16(17)14-15/h8,10-11,14H,2-7,9,12-13,17H2,1H3. The maximum atomic E-state index is 5.74. The fourth-order valence-electron chi connectivity index (χ4n) is 2.01. The number of hydrogen-bond acceptors (Lipinski definition) is 2. The molecule has 1 rings (SSSR count). The van der Waals surface area contributed by atoms with E-state index in [1.54, 1.807) is 0 Å². The number of nitrogens with two attached hydrogens (primary N) is 1. The molecular formula is C16H27NO. The fourth-order valence-corrected chi connectivity index (χ4v) is 2.01. The van der Waals surface area contributed by atoms with Gasteiger partial charge < -0.3 is 10.5 Å². The van der Waals surface area contributed by atoms with Crippen molar-refractivity contribution in [1.82, 2.24) is 0 Å². The number of benzene rings is 1. The number of ether oxygens (including phenoxy) is 1. The summed E-state index contributed by atoms with van der Waals surface area (Å²) in [5.74, 6) is 0. The summed E-state index contributed by atoms with van der Waals surface area (Å²) in [6.45, 7) is 4.06. The van der Waals surface area contributed by atoms with Crippen LogP contribution in [0.3, 0.4) is 0 Å². The van der Waals surface area contributed by atoms with Crippen molar-refractivity contribution in [2.75, 3.05) is 18.9 Å². The van der Waals surface area contributed by atoms with Crippen molar-refractivity contribution in [3.05, 3.63) is 29.8 Å². The third kappa shape index (κ3) is 7.33. The van der Waals surface area contributed by atoms with E-state index >= 15 is 0 Å². The number of rotatable bonds is 10. The predicted molar refractivity (Wildman–Crippen MR) is 78.8 cm³/mol. The van der Waals surface area contributed by atoms with E-state index in [2.05, 4.69) is 19.1 Å². The van der Waals surface area contributed by atoms with Crippen LogP contribution in [0.1, 0.15) is 51.0 Å². The van der Waals surface area contributed by atoms with Crippen LogP contribution < -0.4 is 5.73 Å². The molecule has 18 heavy (non-hydrogen) atoms. The Kier molecular flexibility index (Phi) is 8.32. The zero-order valence-corrected chi connectivity index (χ0v) is 11.7. The van der Waals surface area contributed by atoms with Crippen molar-refractivity contribution in [3.8, 4) is 0 Å². The van der Waals surface area contributed by atoms with Gasteiger partial charge >= 0.3 is 0 Å². The van der Waals surface area contributed by atoms with Crippen molar-refractivity contribution in [2.24, 2.45) is 0 Å². The first-order valence-corrected chi connectivity index (χ1v) is 7.25. The summed E-state index contributed by atoms with van der Waals surface area (Å²) in [4.78, 5) is 0. The number of hydrogen-bond donors (Lipinski definition) is 1. The molecule has 102 valence electrons. The summed E-state index contributed by atoms with van der Waals surface area (Å²) in [5.41, 5.74) is 7.94. The van der Waals surface area contributed by atoms with Gasteiger partial charge in [0.05, 0.1) is 0 Å². The normalized spacial score (nSPS) is 10.7. The number of aryl methyl sites for hydroxylation is 1. The number of nitrogen functional groups attached to an aromatic ring is 1. The first kappa shape index (κ1) is 15.0. The van der Waals surface area contributed by atoms with Crippen LogP contribution in [0, 0.1) is 0 Å². The molecule has 0 bridgehead atoms. The van der Waals surface area contributed by atoms with Crippen LogP contribution in [0.25, 0.3) is 0 Å². The third-order valence-electron chi connectivity index (χ3n) is 3.10. The number of anilines is 1. The highest BCUT2D eigenvalue weighted by molar-refractivity contribution is 5.40. The van der Waals surface area contributed by atoms with Crippen LogP contribution in [0.4, 0.5) is 5.69 Å². The lowest BCUT2D eigenvalue weighted by atomic mass is 10.1. The molecule has 0 saturated heterocycles. The van der Waals surface area contributed by atoms with Gasteiger partial charge in [0.2, 0.25) is 0 Å². The molecule has 2 heteroatoms. The van der Waals surface area contributed by atoms with Crippen molar-refractivity contribution < 1.29 is 4.74 Å². The Hall–Kier alpha value is -1.02. The average molecular weight is 249 g/mol. The largest absolute Gasteiger partial charge is 0.399 e. The van der Waals surface area contributed by atoms with Gasteiger partial charge in [-0.1, -0.05) is 38.3 Å². The smallest absolute Gasteiger partial charge is 0.0466 e. The molecule has 0 saturated carbocycles. The lowest BCUT2D eigenvalue weighted by Gasteiger charge is -2.05. The van der Waals surface area contributed by atoms with Gasteiger partial charge in [0.15, 0.2) is 0 Å². The highest BCUT2D eigenvalue weighted by Crippen LogP contribution is 2.09. The molecule has 2 nitrogen and oxygen atoms in total. The van der Waals surface area contributed by atoms with Crippen LogP contribution in [-0.4, -0.2) is 13.2 Å². The van der Waals surface area contributed by atoms with Crippen molar-refractivity contribution >= 4 is 5.69 Å². The van der Waals surface area contributed by atoms with Crippen molar-refractivity contribution in [2.45, 2.75) is 51.9 Å². The van der Waals surface area contributed by atoms with Crippen LogP contribution in [0.15, 0.2) is 24.3 Å². The van der Waals surface area contributed by atoms with E-state index in [0.29, 0.717) is 0 Å². The maximum absolute atomic E-state index is 5.74. The molecule has 0 fully saturated rings. The summed E-state index contributed by atoms with van der Waals surface area (Å²) in [7, 11) is 0. The second-order valence-corrected chi connectivity index (χ2v) is 4.88. The molecule has 0 atom stereocenters. The molecule has 0 aliphatic rings. The third-order valence-corrected chi connectivity index (χ3v) is 3.10.